The second kappa shape index (κ2) is 9.15. The molecule has 0 saturated carbocycles. The number of aryl methyl sites for hydroxylation is 1. The first-order valence-corrected chi connectivity index (χ1v) is 10.7. The van der Waals surface area contributed by atoms with E-state index in [9.17, 15) is 9.59 Å². The molecule has 152 valence electrons. The molecule has 3 aromatic rings. The second-order valence-electron chi connectivity index (χ2n) is 6.77. The van der Waals surface area contributed by atoms with Gasteiger partial charge in [0.25, 0.3) is 5.91 Å². The van der Waals surface area contributed by atoms with Crippen LogP contribution in [0, 0.1) is 12.8 Å². The highest BCUT2D eigenvalue weighted by molar-refractivity contribution is 7.20. The summed E-state index contributed by atoms with van der Waals surface area (Å²) in [4.78, 5) is 34.3. The zero-order chi connectivity index (χ0) is 21.0. The third-order valence-electron chi connectivity index (χ3n) is 3.95. The van der Waals surface area contributed by atoms with Crippen LogP contribution in [0.1, 0.15) is 36.3 Å². The maximum Gasteiger partial charge on any atom is 0.261 e. The number of thiazole rings is 2. The first kappa shape index (κ1) is 20.9. The van der Waals surface area contributed by atoms with E-state index in [2.05, 4.69) is 20.6 Å². The van der Waals surface area contributed by atoms with Crippen LogP contribution in [0.5, 0.6) is 5.75 Å². The standard InChI is InChI=1S/C20H22N4O3S2/c1-11(2)9-16(25)23-19-22-14(10-28-19)17-12(3)21-20(29-17)24-18(26)13-7-5-6-8-15(13)27-4/h5-8,10-11H,9H2,1-4H3,(H,21,24,26)(H,22,23,25). The van der Waals surface area contributed by atoms with Gasteiger partial charge in [0, 0.05) is 11.8 Å². The predicted molar refractivity (Wildman–Crippen MR) is 117 cm³/mol. The molecule has 29 heavy (non-hydrogen) atoms. The molecule has 2 N–H and O–H groups in total. The topological polar surface area (TPSA) is 93.2 Å². The minimum atomic E-state index is -0.289. The molecule has 9 heteroatoms. The van der Waals surface area contributed by atoms with Crippen molar-refractivity contribution in [3.63, 3.8) is 0 Å². The highest BCUT2D eigenvalue weighted by Gasteiger charge is 2.18. The molecule has 0 unspecified atom stereocenters. The number of rotatable bonds is 7. The Morgan fingerprint density at radius 2 is 1.90 bits per heavy atom. The predicted octanol–water partition coefficient (Wildman–Crippen LogP) is 4.82. The number of methoxy groups -OCH3 is 1. The number of nitrogens with one attached hydrogen (secondary N) is 2. The lowest BCUT2D eigenvalue weighted by molar-refractivity contribution is -0.116. The van der Waals surface area contributed by atoms with Crippen LogP contribution in [0.4, 0.5) is 10.3 Å². The molecule has 1 aromatic carbocycles. The molecule has 0 aliphatic carbocycles. The molecule has 2 heterocycles. The maximum absolute atomic E-state index is 12.6. The van der Waals surface area contributed by atoms with Crippen LogP contribution in [0.15, 0.2) is 29.6 Å². The third-order valence-corrected chi connectivity index (χ3v) is 5.80. The van der Waals surface area contributed by atoms with Gasteiger partial charge < -0.3 is 10.1 Å². The number of carbonyl (C=O) groups is 2. The van der Waals surface area contributed by atoms with Crippen LogP contribution >= 0.6 is 22.7 Å². The third kappa shape index (κ3) is 5.18. The number of aromatic nitrogens is 2. The Morgan fingerprint density at radius 1 is 1.14 bits per heavy atom. The van der Waals surface area contributed by atoms with E-state index in [-0.39, 0.29) is 17.7 Å². The van der Waals surface area contributed by atoms with Crippen LogP contribution in [0.2, 0.25) is 0 Å². The minimum absolute atomic E-state index is 0.0494. The van der Waals surface area contributed by atoms with Gasteiger partial charge in [0.1, 0.15) is 5.75 Å². The first-order valence-electron chi connectivity index (χ1n) is 9.05. The van der Waals surface area contributed by atoms with Gasteiger partial charge in [-0.05, 0) is 25.0 Å². The number of hydrogen-bond donors (Lipinski definition) is 2. The zero-order valence-electron chi connectivity index (χ0n) is 16.6. The number of amides is 2. The SMILES string of the molecule is COc1ccccc1C(=O)Nc1nc(C)c(-c2csc(NC(=O)CC(C)C)n2)s1. The Morgan fingerprint density at radius 3 is 2.62 bits per heavy atom. The van der Waals surface area contributed by atoms with E-state index in [1.54, 1.807) is 24.3 Å². The fourth-order valence-electron chi connectivity index (χ4n) is 2.66. The van der Waals surface area contributed by atoms with Crippen LogP contribution in [-0.2, 0) is 4.79 Å². The molecule has 7 nitrogen and oxygen atoms in total. The first-order chi connectivity index (χ1) is 13.9. The summed E-state index contributed by atoms with van der Waals surface area (Å²) in [6.45, 7) is 5.85. The Bertz CT molecular complexity index is 1030. The monoisotopic (exact) mass is 430 g/mol. The van der Waals surface area contributed by atoms with E-state index < -0.39 is 0 Å². The number of carbonyl (C=O) groups excluding carboxylic acids is 2. The van der Waals surface area contributed by atoms with Crippen molar-refractivity contribution < 1.29 is 14.3 Å². The number of para-hydroxylation sites is 1. The summed E-state index contributed by atoms with van der Waals surface area (Å²) in [6, 6.07) is 7.02. The number of ether oxygens (including phenoxy) is 1. The van der Waals surface area contributed by atoms with Gasteiger partial charge in [-0.25, -0.2) is 9.97 Å². The summed E-state index contributed by atoms with van der Waals surface area (Å²) < 4.78 is 5.24. The summed E-state index contributed by atoms with van der Waals surface area (Å²) in [7, 11) is 1.53. The molecular weight excluding hydrogens is 408 g/mol. The normalized spacial score (nSPS) is 10.8. The Kier molecular flexibility index (Phi) is 6.60. The zero-order valence-corrected chi connectivity index (χ0v) is 18.2. The summed E-state index contributed by atoms with van der Waals surface area (Å²) in [5, 5.41) is 8.55. The molecule has 2 amide bonds. The Balaban J connectivity index is 1.74. The second-order valence-corrected chi connectivity index (χ2v) is 8.63. The Hall–Kier alpha value is -2.78. The molecule has 3 rings (SSSR count). The lowest BCUT2D eigenvalue weighted by Crippen LogP contribution is -2.13. The molecule has 2 aromatic heterocycles. The van der Waals surface area contributed by atoms with Crippen molar-refractivity contribution in [1.29, 1.82) is 0 Å². The average molecular weight is 431 g/mol. The molecule has 0 spiro atoms. The quantitative estimate of drug-likeness (QED) is 0.560. The van der Waals surface area contributed by atoms with E-state index in [4.69, 9.17) is 4.74 Å². The molecular formula is C20H22N4O3S2. The summed E-state index contributed by atoms with van der Waals surface area (Å²) in [5.74, 6) is 0.446. The van der Waals surface area contributed by atoms with E-state index in [0.29, 0.717) is 28.0 Å². The van der Waals surface area contributed by atoms with Crippen molar-refractivity contribution in [2.24, 2.45) is 5.92 Å². The van der Waals surface area contributed by atoms with Crippen molar-refractivity contribution in [2.75, 3.05) is 17.7 Å². The van der Waals surface area contributed by atoms with Gasteiger partial charge in [0.2, 0.25) is 5.91 Å². The van der Waals surface area contributed by atoms with Crippen molar-refractivity contribution in [2.45, 2.75) is 27.2 Å². The highest BCUT2D eigenvalue weighted by Crippen LogP contribution is 2.35. The summed E-state index contributed by atoms with van der Waals surface area (Å²) >= 11 is 2.70. The molecule has 0 fully saturated rings. The molecule has 0 saturated heterocycles. The van der Waals surface area contributed by atoms with Crippen LogP contribution < -0.4 is 15.4 Å². The van der Waals surface area contributed by atoms with Crippen LogP contribution in [-0.4, -0.2) is 28.9 Å². The van der Waals surface area contributed by atoms with E-state index >= 15 is 0 Å². The van der Waals surface area contributed by atoms with Crippen LogP contribution in [0.25, 0.3) is 10.6 Å². The lowest BCUT2D eigenvalue weighted by atomic mass is 10.1. The Labute approximate surface area is 177 Å². The molecule has 0 atom stereocenters. The smallest absolute Gasteiger partial charge is 0.261 e. The highest BCUT2D eigenvalue weighted by atomic mass is 32.1. The van der Waals surface area contributed by atoms with Gasteiger partial charge in [-0.3, -0.25) is 14.9 Å². The molecule has 0 radical (unpaired) electrons. The number of benzene rings is 1. The van der Waals surface area contributed by atoms with E-state index in [0.717, 1.165) is 16.3 Å². The number of nitrogens with zero attached hydrogens (tertiary/aromatic N) is 2. The average Bonchev–Trinajstić information content (AvgIpc) is 3.27. The van der Waals surface area contributed by atoms with Crippen molar-refractivity contribution in [3.05, 3.63) is 40.9 Å². The van der Waals surface area contributed by atoms with Gasteiger partial charge >= 0.3 is 0 Å². The summed E-state index contributed by atoms with van der Waals surface area (Å²) in [5.41, 5.74) is 1.92. The van der Waals surface area contributed by atoms with E-state index in [1.165, 1.54) is 29.8 Å². The number of anilines is 2. The number of hydrogen-bond acceptors (Lipinski definition) is 7. The van der Waals surface area contributed by atoms with E-state index in [1.807, 2.05) is 26.2 Å². The van der Waals surface area contributed by atoms with Gasteiger partial charge in [-0.15, -0.1) is 11.3 Å². The molecule has 0 aliphatic rings. The van der Waals surface area contributed by atoms with Gasteiger partial charge in [-0.2, -0.15) is 0 Å². The lowest BCUT2D eigenvalue weighted by Gasteiger charge is -2.06. The largest absolute Gasteiger partial charge is 0.496 e. The van der Waals surface area contributed by atoms with Crippen molar-refractivity contribution >= 4 is 44.8 Å². The van der Waals surface area contributed by atoms with Crippen LogP contribution in [0.3, 0.4) is 0 Å². The minimum Gasteiger partial charge on any atom is -0.496 e. The van der Waals surface area contributed by atoms with Gasteiger partial charge in [0.15, 0.2) is 10.3 Å². The maximum atomic E-state index is 12.6. The molecule has 0 bridgehead atoms. The fourth-order valence-corrected chi connectivity index (χ4v) is 4.38. The molecule has 0 aliphatic heterocycles. The van der Waals surface area contributed by atoms with Gasteiger partial charge in [-0.1, -0.05) is 37.3 Å². The summed E-state index contributed by atoms with van der Waals surface area (Å²) in [6.07, 6.45) is 0.452. The van der Waals surface area contributed by atoms with Gasteiger partial charge in [0.05, 0.1) is 28.9 Å². The van der Waals surface area contributed by atoms with Crippen molar-refractivity contribution in [3.8, 4) is 16.3 Å². The fraction of sp³-hybridized carbons (Fsp3) is 0.300. The van der Waals surface area contributed by atoms with Crippen molar-refractivity contribution in [1.82, 2.24) is 9.97 Å².